The van der Waals surface area contributed by atoms with Crippen molar-refractivity contribution >= 4 is 5.78 Å². The smallest absolute Gasteiger partial charge is 0.231 e. The molecular formula is C20H31NO3. The van der Waals surface area contributed by atoms with Crippen LogP contribution in [0, 0.1) is 11.8 Å². The first kappa shape index (κ1) is 18.8. The number of ether oxygens (including phenoxy) is 2. The first-order chi connectivity index (χ1) is 11.7. The summed E-state index contributed by atoms with van der Waals surface area (Å²) in [6, 6.07) is 5.40. The Hall–Kier alpha value is -1.55. The number of hydrogen-bond acceptors (Lipinski definition) is 4. The normalized spacial score (nSPS) is 16.7. The summed E-state index contributed by atoms with van der Waals surface area (Å²) in [5.74, 6) is 2.73. The highest BCUT2D eigenvalue weighted by Crippen LogP contribution is 2.33. The van der Waals surface area contributed by atoms with Crippen LogP contribution in [0.3, 0.4) is 0 Å². The van der Waals surface area contributed by atoms with E-state index in [1.54, 1.807) is 12.1 Å². The maximum absolute atomic E-state index is 12.1. The molecule has 2 aliphatic heterocycles. The molecule has 1 N–H and O–H groups in total. The van der Waals surface area contributed by atoms with Gasteiger partial charge >= 0.3 is 0 Å². The molecule has 1 aromatic rings. The van der Waals surface area contributed by atoms with Crippen LogP contribution in [0.2, 0.25) is 0 Å². The van der Waals surface area contributed by atoms with Crippen LogP contribution in [0.25, 0.3) is 0 Å². The van der Waals surface area contributed by atoms with E-state index in [9.17, 15) is 4.79 Å². The SMILES string of the molecule is CCC(CC)C(=O)c1ccc2c(c1)OCO2.CCC1CCNCC1. The molecular weight excluding hydrogens is 302 g/mol. The molecule has 0 radical (unpaired) electrons. The lowest BCUT2D eigenvalue weighted by molar-refractivity contribution is 0.0913. The highest BCUT2D eigenvalue weighted by molar-refractivity contribution is 5.98. The van der Waals surface area contributed by atoms with Crippen LogP contribution < -0.4 is 14.8 Å². The van der Waals surface area contributed by atoms with Crippen molar-refractivity contribution < 1.29 is 14.3 Å². The summed E-state index contributed by atoms with van der Waals surface area (Å²) in [7, 11) is 0. The van der Waals surface area contributed by atoms with Gasteiger partial charge in [0.05, 0.1) is 0 Å². The minimum absolute atomic E-state index is 0.111. The van der Waals surface area contributed by atoms with Gasteiger partial charge in [-0.05, 0) is 62.9 Å². The molecule has 134 valence electrons. The maximum atomic E-state index is 12.1. The molecule has 2 aliphatic rings. The van der Waals surface area contributed by atoms with Crippen molar-refractivity contribution in [3.63, 3.8) is 0 Å². The van der Waals surface area contributed by atoms with Gasteiger partial charge in [-0.1, -0.05) is 27.2 Å². The maximum Gasteiger partial charge on any atom is 0.231 e. The second-order valence-corrected chi connectivity index (χ2v) is 6.55. The fourth-order valence-corrected chi connectivity index (χ4v) is 3.23. The Morgan fingerprint density at radius 2 is 1.79 bits per heavy atom. The van der Waals surface area contributed by atoms with Crippen molar-refractivity contribution in [2.75, 3.05) is 19.9 Å². The van der Waals surface area contributed by atoms with Crippen LogP contribution in [0.1, 0.15) is 63.2 Å². The molecule has 3 rings (SSSR count). The summed E-state index contributed by atoms with van der Waals surface area (Å²) < 4.78 is 10.5. The van der Waals surface area contributed by atoms with Gasteiger partial charge in [-0.3, -0.25) is 4.79 Å². The van der Waals surface area contributed by atoms with Crippen LogP contribution in [0.5, 0.6) is 11.5 Å². The average molecular weight is 333 g/mol. The molecule has 1 aromatic carbocycles. The van der Waals surface area contributed by atoms with Crippen molar-refractivity contribution in [2.24, 2.45) is 11.8 Å². The summed E-state index contributed by atoms with van der Waals surface area (Å²) in [6.45, 7) is 9.11. The molecule has 0 spiro atoms. The second-order valence-electron chi connectivity index (χ2n) is 6.55. The van der Waals surface area contributed by atoms with Gasteiger partial charge in [0.2, 0.25) is 6.79 Å². The first-order valence-electron chi connectivity index (χ1n) is 9.34. The Morgan fingerprint density at radius 1 is 1.12 bits per heavy atom. The van der Waals surface area contributed by atoms with Gasteiger partial charge in [0.25, 0.3) is 0 Å². The molecule has 1 fully saturated rings. The van der Waals surface area contributed by atoms with E-state index in [-0.39, 0.29) is 18.5 Å². The summed E-state index contributed by atoms with van der Waals surface area (Å²) in [5.41, 5.74) is 0.720. The minimum atomic E-state index is 0.111. The van der Waals surface area contributed by atoms with Crippen molar-refractivity contribution in [1.29, 1.82) is 0 Å². The van der Waals surface area contributed by atoms with Gasteiger partial charge in [0.1, 0.15) is 0 Å². The molecule has 0 amide bonds. The zero-order valence-corrected chi connectivity index (χ0v) is 15.3. The fraction of sp³-hybridized carbons (Fsp3) is 0.650. The summed E-state index contributed by atoms with van der Waals surface area (Å²) in [5, 5.41) is 3.35. The van der Waals surface area contributed by atoms with Gasteiger partial charge in [0, 0.05) is 11.5 Å². The number of ketones is 1. The van der Waals surface area contributed by atoms with Crippen LogP contribution >= 0.6 is 0 Å². The van der Waals surface area contributed by atoms with Crippen LogP contribution in [0.15, 0.2) is 18.2 Å². The van der Waals surface area contributed by atoms with Gasteiger partial charge in [-0.15, -0.1) is 0 Å². The largest absolute Gasteiger partial charge is 0.454 e. The van der Waals surface area contributed by atoms with Crippen molar-refractivity contribution in [2.45, 2.75) is 52.9 Å². The van der Waals surface area contributed by atoms with E-state index < -0.39 is 0 Å². The van der Waals surface area contributed by atoms with E-state index >= 15 is 0 Å². The molecule has 0 bridgehead atoms. The van der Waals surface area contributed by atoms with Crippen LogP contribution in [0.4, 0.5) is 0 Å². The lowest BCUT2D eigenvalue weighted by atomic mass is 9.93. The lowest BCUT2D eigenvalue weighted by Gasteiger charge is -2.20. The number of piperidine rings is 1. The third-order valence-corrected chi connectivity index (χ3v) is 5.05. The molecule has 0 saturated carbocycles. The topological polar surface area (TPSA) is 47.6 Å². The summed E-state index contributed by atoms with van der Waals surface area (Å²) >= 11 is 0. The second kappa shape index (κ2) is 9.67. The monoisotopic (exact) mass is 333 g/mol. The van der Waals surface area contributed by atoms with Gasteiger partial charge in [-0.2, -0.15) is 0 Å². The molecule has 4 nitrogen and oxygen atoms in total. The highest BCUT2D eigenvalue weighted by atomic mass is 16.7. The molecule has 2 heterocycles. The number of carbonyl (C=O) groups excluding carboxylic acids is 1. The fourth-order valence-electron chi connectivity index (χ4n) is 3.23. The molecule has 24 heavy (non-hydrogen) atoms. The Kier molecular flexibility index (Phi) is 7.57. The zero-order chi connectivity index (χ0) is 17.4. The molecule has 0 unspecified atom stereocenters. The zero-order valence-electron chi connectivity index (χ0n) is 15.3. The molecule has 0 aromatic heterocycles. The number of Topliss-reactive ketones (excluding diaryl/α,β-unsaturated/α-hetero) is 1. The van der Waals surface area contributed by atoms with Crippen LogP contribution in [-0.4, -0.2) is 25.7 Å². The number of fused-ring (bicyclic) bond motifs is 1. The molecule has 0 atom stereocenters. The molecule has 4 heteroatoms. The molecule has 1 saturated heterocycles. The predicted molar refractivity (Wildman–Crippen MR) is 96.9 cm³/mol. The average Bonchev–Trinajstić information content (AvgIpc) is 3.11. The molecule has 0 aliphatic carbocycles. The van der Waals surface area contributed by atoms with Gasteiger partial charge in [-0.25, -0.2) is 0 Å². The van der Waals surface area contributed by atoms with Crippen molar-refractivity contribution in [3.8, 4) is 11.5 Å². The quantitative estimate of drug-likeness (QED) is 0.810. The van der Waals surface area contributed by atoms with Gasteiger partial charge < -0.3 is 14.8 Å². The Bertz CT molecular complexity index is 520. The van der Waals surface area contributed by atoms with E-state index in [0.29, 0.717) is 5.75 Å². The van der Waals surface area contributed by atoms with Crippen molar-refractivity contribution in [3.05, 3.63) is 23.8 Å². The standard InChI is InChI=1S/C13H16O3.C7H15N/c1-3-9(4-2)13(14)10-5-6-11-12(7-10)16-8-15-11;1-2-7-3-5-8-6-4-7/h5-7,9H,3-4,8H2,1-2H3;7-8H,2-6H2,1H3. The van der Waals surface area contributed by atoms with Gasteiger partial charge in [0.15, 0.2) is 17.3 Å². The Labute approximate surface area is 145 Å². The lowest BCUT2D eigenvalue weighted by Crippen LogP contribution is -2.27. The predicted octanol–water partition coefficient (Wildman–Crippen LogP) is 4.43. The number of carbonyl (C=O) groups is 1. The number of nitrogens with one attached hydrogen (secondary N) is 1. The number of benzene rings is 1. The van der Waals surface area contributed by atoms with Crippen LogP contribution in [-0.2, 0) is 0 Å². The van der Waals surface area contributed by atoms with E-state index in [0.717, 1.165) is 30.1 Å². The highest BCUT2D eigenvalue weighted by Gasteiger charge is 2.20. The Morgan fingerprint density at radius 3 is 2.38 bits per heavy atom. The van der Waals surface area contributed by atoms with Crippen molar-refractivity contribution in [1.82, 2.24) is 5.32 Å². The Balaban J connectivity index is 0.000000219. The van der Waals surface area contributed by atoms with E-state index in [2.05, 4.69) is 12.2 Å². The summed E-state index contributed by atoms with van der Waals surface area (Å²) in [6.07, 6.45) is 5.93. The first-order valence-corrected chi connectivity index (χ1v) is 9.34. The third-order valence-electron chi connectivity index (χ3n) is 5.05. The minimum Gasteiger partial charge on any atom is -0.454 e. The van der Waals surface area contributed by atoms with E-state index in [4.69, 9.17) is 9.47 Å². The summed E-state index contributed by atoms with van der Waals surface area (Å²) in [4.78, 5) is 12.1. The number of hydrogen-bond donors (Lipinski definition) is 1. The van der Waals surface area contributed by atoms with E-state index in [1.807, 2.05) is 19.9 Å². The third kappa shape index (κ3) is 4.97. The van der Waals surface area contributed by atoms with E-state index in [1.165, 1.54) is 32.4 Å². The number of rotatable bonds is 5.